The Balaban J connectivity index is 2.63. The molecule has 1 rings (SSSR count). The van der Waals surface area contributed by atoms with Crippen molar-refractivity contribution in [2.45, 2.75) is 46.3 Å². The number of hydrogen-bond donors (Lipinski definition) is 3. The Morgan fingerprint density at radius 2 is 2.00 bits per heavy atom. The highest BCUT2D eigenvalue weighted by atomic mass is 16.5. The highest BCUT2D eigenvalue weighted by Gasteiger charge is 2.10. The summed E-state index contributed by atoms with van der Waals surface area (Å²) in [6, 6.07) is 4.13. The molecule has 0 saturated carbocycles. The average Bonchev–Trinajstić information content (AvgIpc) is 2.38. The molecular formula is C16H26N2O3. The van der Waals surface area contributed by atoms with Gasteiger partial charge in [0.2, 0.25) is 5.91 Å². The summed E-state index contributed by atoms with van der Waals surface area (Å²) in [6.45, 7) is 8.61. The predicted octanol–water partition coefficient (Wildman–Crippen LogP) is 1.07. The van der Waals surface area contributed by atoms with E-state index in [-0.39, 0.29) is 18.9 Å². The van der Waals surface area contributed by atoms with E-state index in [2.05, 4.69) is 5.32 Å². The van der Waals surface area contributed by atoms with Crippen LogP contribution in [0.25, 0.3) is 0 Å². The first kappa shape index (κ1) is 17.5. The monoisotopic (exact) mass is 294 g/mol. The van der Waals surface area contributed by atoms with Crippen molar-refractivity contribution < 1.29 is 14.6 Å². The molecule has 0 fully saturated rings. The van der Waals surface area contributed by atoms with Gasteiger partial charge in [0.1, 0.15) is 18.5 Å². The van der Waals surface area contributed by atoms with Crippen molar-refractivity contribution in [1.29, 1.82) is 0 Å². The van der Waals surface area contributed by atoms with Gasteiger partial charge in [-0.25, -0.2) is 0 Å². The molecule has 4 N–H and O–H groups in total. The van der Waals surface area contributed by atoms with E-state index in [9.17, 15) is 9.90 Å². The van der Waals surface area contributed by atoms with Crippen LogP contribution in [0.2, 0.25) is 0 Å². The number of aryl methyl sites for hydroxylation is 2. The Labute approximate surface area is 126 Å². The highest BCUT2D eigenvalue weighted by molar-refractivity contribution is 5.77. The Kier molecular flexibility index (Phi) is 6.65. The summed E-state index contributed by atoms with van der Waals surface area (Å²) in [5.41, 5.74) is 8.03. The molecule has 0 bridgehead atoms. The molecule has 1 aromatic carbocycles. The van der Waals surface area contributed by atoms with Crippen molar-refractivity contribution >= 4 is 5.91 Å². The quantitative estimate of drug-likeness (QED) is 0.669. The first-order valence-electron chi connectivity index (χ1n) is 7.22. The summed E-state index contributed by atoms with van der Waals surface area (Å²) in [5.74, 6) is 0.380. The van der Waals surface area contributed by atoms with Gasteiger partial charge in [-0.05, 0) is 36.6 Å². The van der Waals surface area contributed by atoms with Crippen molar-refractivity contribution in [1.82, 2.24) is 5.32 Å². The third-order valence-electron chi connectivity index (χ3n) is 3.19. The summed E-state index contributed by atoms with van der Waals surface area (Å²) in [7, 11) is 0. The molecule has 0 spiro atoms. The van der Waals surface area contributed by atoms with Gasteiger partial charge in [-0.3, -0.25) is 4.79 Å². The van der Waals surface area contributed by atoms with Gasteiger partial charge in [0.25, 0.3) is 0 Å². The molecule has 1 aromatic rings. The van der Waals surface area contributed by atoms with E-state index >= 15 is 0 Å². The zero-order valence-corrected chi connectivity index (χ0v) is 13.3. The third-order valence-corrected chi connectivity index (χ3v) is 3.19. The predicted molar refractivity (Wildman–Crippen MR) is 83.5 cm³/mol. The lowest BCUT2D eigenvalue weighted by atomic mass is 10.0. The summed E-state index contributed by atoms with van der Waals surface area (Å²) < 4.78 is 5.67. The number of benzene rings is 1. The molecule has 118 valence electrons. The van der Waals surface area contributed by atoms with Gasteiger partial charge < -0.3 is 20.9 Å². The summed E-state index contributed by atoms with van der Waals surface area (Å²) in [6.07, 6.45) is -0.328. The first-order chi connectivity index (χ1) is 9.79. The molecule has 0 aromatic heterocycles. The lowest BCUT2D eigenvalue weighted by Gasteiger charge is -2.17. The number of rotatable bonds is 8. The van der Waals surface area contributed by atoms with Crippen LogP contribution in [-0.2, 0) is 11.2 Å². The summed E-state index contributed by atoms with van der Waals surface area (Å²) >= 11 is 0. The third kappa shape index (κ3) is 6.14. The van der Waals surface area contributed by atoms with Crippen LogP contribution in [0.4, 0.5) is 0 Å². The van der Waals surface area contributed by atoms with Gasteiger partial charge in [0.15, 0.2) is 0 Å². The number of aliphatic hydroxyl groups is 1. The molecule has 0 aliphatic heterocycles. The first-order valence-corrected chi connectivity index (χ1v) is 7.22. The van der Waals surface area contributed by atoms with Crippen LogP contribution in [0.15, 0.2) is 12.1 Å². The molecule has 0 aliphatic carbocycles. The fraction of sp³-hybridized carbons (Fsp3) is 0.562. The molecule has 1 unspecified atom stereocenters. The molecule has 21 heavy (non-hydrogen) atoms. The fourth-order valence-corrected chi connectivity index (χ4v) is 2.00. The lowest BCUT2D eigenvalue weighted by molar-refractivity contribution is -0.117. The highest BCUT2D eigenvalue weighted by Crippen LogP contribution is 2.23. The van der Waals surface area contributed by atoms with E-state index in [0.717, 1.165) is 22.4 Å². The Morgan fingerprint density at radius 1 is 1.33 bits per heavy atom. The molecule has 5 nitrogen and oxygen atoms in total. The molecule has 0 saturated heterocycles. The van der Waals surface area contributed by atoms with Crippen LogP contribution in [-0.4, -0.2) is 36.3 Å². The van der Waals surface area contributed by atoms with Crippen molar-refractivity contribution in [2.24, 2.45) is 5.73 Å². The van der Waals surface area contributed by atoms with E-state index in [1.807, 2.05) is 39.8 Å². The Hall–Kier alpha value is -1.59. The van der Waals surface area contributed by atoms with Crippen LogP contribution in [0.3, 0.4) is 0 Å². The zero-order chi connectivity index (χ0) is 16.0. The minimum Gasteiger partial charge on any atom is -0.491 e. The number of primary amides is 1. The second-order valence-corrected chi connectivity index (χ2v) is 5.72. The van der Waals surface area contributed by atoms with Crippen LogP contribution in [0, 0.1) is 13.8 Å². The maximum atomic E-state index is 11.0. The van der Waals surface area contributed by atoms with Gasteiger partial charge in [-0.2, -0.15) is 0 Å². The van der Waals surface area contributed by atoms with Gasteiger partial charge >= 0.3 is 0 Å². The van der Waals surface area contributed by atoms with Crippen LogP contribution in [0.5, 0.6) is 5.75 Å². The number of carbonyl (C=O) groups is 1. The molecule has 0 heterocycles. The van der Waals surface area contributed by atoms with E-state index in [1.54, 1.807) is 0 Å². The SMILES string of the molecule is Cc1cc(OCC(O)CNC(C)C)c(C)cc1CC(N)=O. The van der Waals surface area contributed by atoms with Crippen molar-refractivity contribution in [3.8, 4) is 5.75 Å². The average molecular weight is 294 g/mol. The number of ether oxygens (including phenoxy) is 1. The van der Waals surface area contributed by atoms with Crippen LogP contribution in [0.1, 0.15) is 30.5 Å². The smallest absolute Gasteiger partial charge is 0.221 e. The summed E-state index contributed by atoms with van der Waals surface area (Å²) in [4.78, 5) is 11.0. The van der Waals surface area contributed by atoms with Crippen molar-refractivity contribution in [3.05, 3.63) is 28.8 Å². The van der Waals surface area contributed by atoms with E-state index in [0.29, 0.717) is 12.6 Å². The number of amides is 1. The molecule has 0 aliphatic rings. The minimum atomic E-state index is -0.558. The van der Waals surface area contributed by atoms with Crippen molar-refractivity contribution in [2.75, 3.05) is 13.2 Å². The maximum absolute atomic E-state index is 11.0. The maximum Gasteiger partial charge on any atom is 0.221 e. The topological polar surface area (TPSA) is 84.6 Å². The van der Waals surface area contributed by atoms with Gasteiger partial charge in [-0.15, -0.1) is 0 Å². The molecule has 0 radical (unpaired) electrons. The van der Waals surface area contributed by atoms with Gasteiger partial charge in [0, 0.05) is 12.6 Å². The molecule has 1 amide bonds. The van der Waals surface area contributed by atoms with E-state index in [1.165, 1.54) is 0 Å². The minimum absolute atomic E-state index is 0.230. The van der Waals surface area contributed by atoms with E-state index < -0.39 is 6.10 Å². The number of carbonyl (C=O) groups excluding carboxylic acids is 1. The van der Waals surface area contributed by atoms with Crippen molar-refractivity contribution in [3.63, 3.8) is 0 Å². The van der Waals surface area contributed by atoms with Crippen LogP contribution >= 0.6 is 0 Å². The summed E-state index contributed by atoms with van der Waals surface area (Å²) in [5, 5.41) is 13.0. The zero-order valence-electron chi connectivity index (χ0n) is 13.3. The van der Waals surface area contributed by atoms with E-state index in [4.69, 9.17) is 10.5 Å². The normalized spacial score (nSPS) is 12.5. The van der Waals surface area contributed by atoms with Crippen LogP contribution < -0.4 is 15.8 Å². The number of nitrogens with one attached hydrogen (secondary N) is 1. The second kappa shape index (κ2) is 8.00. The number of nitrogens with two attached hydrogens (primary N) is 1. The molecule has 5 heteroatoms. The molecule has 1 atom stereocenters. The number of hydrogen-bond acceptors (Lipinski definition) is 4. The second-order valence-electron chi connectivity index (χ2n) is 5.72. The largest absolute Gasteiger partial charge is 0.491 e. The molecular weight excluding hydrogens is 268 g/mol. The Morgan fingerprint density at radius 3 is 2.57 bits per heavy atom. The van der Waals surface area contributed by atoms with Gasteiger partial charge in [-0.1, -0.05) is 19.9 Å². The van der Waals surface area contributed by atoms with Gasteiger partial charge in [0.05, 0.1) is 6.42 Å². The standard InChI is InChI=1S/C16H26N2O3/c1-10(2)18-8-14(19)9-21-15-6-11(3)13(5-12(15)4)7-16(17)20/h5-6,10,14,18-19H,7-9H2,1-4H3,(H2,17,20). The number of aliphatic hydroxyl groups excluding tert-OH is 1. The Bertz CT molecular complexity index is 487. The lowest BCUT2D eigenvalue weighted by Crippen LogP contribution is -2.35. The fourth-order valence-electron chi connectivity index (χ4n) is 2.00.